The second-order valence-corrected chi connectivity index (χ2v) is 8.44. The molecule has 0 saturated heterocycles. The molecular weight excluding hydrogens is 486 g/mol. The number of aromatic nitrogens is 2. The number of rotatable bonds is 5. The average Bonchev–Trinajstić information content (AvgIpc) is 3.27. The molecule has 0 aliphatic carbocycles. The number of carbonyl (C=O) groups is 1. The van der Waals surface area contributed by atoms with Crippen molar-refractivity contribution in [2.24, 2.45) is 0 Å². The van der Waals surface area contributed by atoms with E-state index in [1.54, 1.807) is 42.2 Å². The number of nitrogens with one attached hydrogen (secondary N) is 1. The summed E-state index contributed by atoms with van der Waals surface area (Å²) in [5, 5.41) is 28.4. The largest absolute Gasteiger partial charge is 0.507 e. The first-order chi connectivity index (χ1) is 14.8. The first kappa shape index (κ1) is 21.3. The van der Waals surface area contributed by atoms with Crippen LogP contribution in [0.4, 0.5) is 0 Å². The van der Waals surface area contributed by atoms with Crippen LogP contribution < -0.4 is 4.74 Å². The minimum Gasteiger partial charge on any atom is -0.507 e. The SMILES string of the molecule is C=CCN1C(=O)c2[nH]nc(-c3cc(Cl)c(C)cc3O)c2C1c1cc(Br)c(O)c(OC)c1. The number of H-pyrrole nitrogens is 1. The van der Waals surface area contributed by atoms with Gasteiger partial charge in [-0.25, -0.2) is 0 Å². The molecule has 1 aliphatic heterocycles. The van der Waals surface area contributed by atoms with E-state index in [0.29, 0.717) is 37.6 Å². The van der Waals surface area contributed by atoms with Gasteiger partial charge in [-0.2, -0.15) is 5.10 Å². The van der Waals surface area contributed by atoms with E-state index in [-0.39, 0.29) is 29.7 Å². The first-order valence-corrected chi connectivity index (χ1v) is 10.5. The van der Waals surface area contributed by atoms with Crippen molar-refractivity contribution in [1.82, 2.24) is 15.1 Å². The van der Waals surface area contributed by atoms with Crippen LogP contribution in [-0.2, 0) is 0 Å². The third-order valence-corrected chi connectivity index (χ3v) is 6.32. The van der Waals surface area contributed by atoms with Gasteiger partial charge in [-0.3, -0.25) is 9.89 Å². The highest BCUT2D eigenvalue weighted by Gasteiger charge is 2.42. The van der Waals surface area contributed by atoms with E-state index >= 15 is 0 Å². The maximum Gasteiger partial charge on any atom is 0.273 e. The monoisotopic (exact) mass is 503 g/mol. The fraction of sp³-hybridized carbons (Fsp3) is 0.182. The van der Waals surface area contributed by atoms with Crippen LogP contribution in [0.25, 0.3) is 11.3 Å². The number of halogens is 2. The molecule has 0 saturated carbocycles. The van der Waals surface area contributed by atoms with Gasteiger partial charge in [0.1, 0.15) is 17.1 Å². The molecule has 2 heterocycles. The number of phenols is 2. The Morgan fingerprint density at radius 3 is 2.77 bits per heavy atom. The van der Waals surface area contributed by atoms with Crippen molar-refractivity contribution in [3.63, 3.8) is 0 Å². The van der Waals surface area contributed by atoms with Crippen molar-refractivity contribution in [3.05, 3.63) is 68.8 Å². The number of carbonyl (C=O) groups excluding carboxylic acids is 1. The predicted octanol–water partition coefficient (Wildman–Crippen LogP) is 4.95. The second-order valence-electron chi connectivity index (χ2n) is 7.18. The summed E-state index contributed by atoms with van der Waals surface area (Å²) in [6.07, 6.45) is 1.64. The molecular formula is C22H19BrClN3O4. The van der Waals surface area contributed by atoms with Gasteiger partial charge in [-0.05, 0) is 58.2 Å². The molecule has 1 aliphatic rings. The number of hydrogen-bond acceptors (Lipinski definition) is 5. The van der Waals surface area contributed by atoms with Gasteiger partial charge >= 0.3 is 0 Å². The zero-order valence-electron chi connectivity index (χ0n) is 16.7. The van der Waals surface area contributed by atoms with E-state index < -0.39 is 6.04 Å². The molecule has 31 heavy (non-hydrogen) atoms. The molecule has 1 amide bonds. The highest BCUT2D eigenvalue weighted by atomic mass is 79.9. The number of hydrogen-bond donors (Lipinski definition) is 3. The Morgan fingerprint density at radius 1 is 1.35 bits per heavy atom. The Morgan fingerprint density at radius 2 is 2.10 bits per heavy atom. The molecule has 0 spiro atoms. The number of amides is 1. The van der Waals surface area contributed by atoms with Crippen molar-refractivity contribution in [1.29, 1.82) is 0 Å². The van der Waals surface area contributed by atoms with E-state index in [1.807, 2.05) is 0 Å². The van der Waals surface area contributed by atoms with Crippen LogP contribution in [0.1, 0.15) is 33.2 Å². The molecule has 9 heteroatoms. The quantitative estimate of drug-likeness (QED) is 0.427. The molecule has 1 unspecified atom stereocenters. The Kier molecular flexibility index (Phi) is 5.45. The van der Waals surface area contributed by atoms with E-state index in [2.05, 4.69) is 32.7 Å². The van der Waals surface area contributed by atoms with Crippen LogP contribution in [0.5, 0.6) is 17.2 Å². The smallest absolute Gasteiger partial charge is 0.273 e. The lowest BCUT2D eigenvalue weighted by Crippen LogP contribution is -2.29. The molecule has 4 rings (SSSR count). The fourth-order valence-corrected chi connectivity index (χ4v) is 4.46. The highest BCUT2D eigenvalue weighted by Crippen LogP contribution is 2.47. The van der Waals surface area contributed by atoms with Crippen LogP contribution in [-0.4, -0.2) is 44.9 Å². The van der Waals surface area contributed by atoms with E-state index in [9.17, 15) is 15.0 Å². The van der Waals surface area contributed by atoms with Crippen LogP contribution in [0.3, 0.4) is 0 Å². The van der Waals surface area contributed by atoms with Crippen molar-refractivity contribution >= 4 is 33.4 Å². The van der Waals surface area contributed by atoms with Gasteiger partial charge in [0, 0.05) is 22.7 Å². The molecule has 3 N–H and O–H groups in total. The number of nitrogens with zero attached hydrogens (tertiary/aromatic N) is 2. The number of ether oxygens (including phenoxy) is 1. The van der Waals surface area contributed by atoms with Gasteiger partial charge < -0.3 is 19.8 Å². The van der Waals surface area contributed by atoms with Gasteiger partial charge in [0.2, 0.25) is 0 Å². The van der Waals surface area contributed by atoms with Crippen LogP contribution in [0.15, 0.2) is 41.4 Å². The number of benzene rings is 2. The summed E-state index contributed by atoms with van der Waals surface area (Å²) in [6, 6.07) is 6.03. The minimum atomic E-state index is -0.556. The number of fused-ring (bicyclic) bond motifs is 1. The Hall–Kier alpha value is -2.97. The van der Waals surface area contributed by atoms with Gasteiger partial charge in [-0.1, -0.05) is 17.7 Å². The normalized spacial score (nSPS) is 15.3. The molecule has 0 fully saturated rings. The topological polar surface area (TPSA) is 98.7 Å². The van der Waals surface area contributed by atoms with Gasteiger partial charge in [0.15, 0.2) is 11.5 Å². The predicted molar refractivity (Wildman–Crippen MR) is 121 cm³/mol. The Labute approximate surface area is 192 Å². The average molecular weight is 505 g/mol. The third kappa shape index (κ3) is 3.36. The third-order valence-electron chi connectivity index (χ3n) is 5.31. The highest BCUT2D eigenvalue weighted by molar-refractivity contribution is 9.10. The maximum atomic E-state index is 13.2. The van der Waals surface area contributed by atoms with Crippen molar-refractivity contribution in [2.75, 3.05) is 13.7 Å². The summed E-state index contributed by atoms with van der Waals surface area (Å²) in [4.78, 5) is 14.8. The number of aromatic amines is 1. The summed E-state index contributed by atoms with van der Waals surface area (Å²) >= 11 is 9.65. The lowest BCUT2D eigenvalue weighted by molar-refractivity contribution is 0.0764. The molecule has 1 aromatic heterocycles. The van der Waals surface area contributed by atoms with Crippen LogP contribution >= 0.6 is 27.5 Å². The number of aromatic hydroxyl groups is 2. The number of phenolic OH excluding ortho intramolecular Hbond substituents is 2. The van der Waals surface area contributed by atoms with E-state index in [4.69, 9.17) is 16.3 Å². The zero-order chi connectivity index (χ0) is 22.4. The summed E-state index contributed by atoms with van der Waals surface area (Å²) in [7, 11) is 1.45. The molecule has 3 aromatic rings. The summed E-state index contributed by atoms with van der Waals surface area (Å²) in [5.41, 5.74) is 3.17. The summed E-state index contributed by atoms with van der Waals surface area (Å²) in [6.45, 7) is 5.84. The maximum absolute atomic E-state index is 13.2. The zero-order valence-corrected chi connectivity index (χ0v) is 19.1. The Balaban J connectivity index is 1.97. The summed E-state index contributed by atoms with van der Waals surface area (Å²) < 4.78 is 5.72. The Bertz CT molecular complexity index is 1220. The number of methoxy groups -OCH3 is 1. The standard InChI is InChI=1S/C22H19BrClN3O4/c1-4-5-27-20(11-7-13(23)21(29)16(8-11)31-3)17-18(25-26-19(17)22(27)30)12-9-14(24)10(2)6-15(12)28/h4,6-9,20,28-29H,1,5H2,2-3H3,(H,25,26). The molecule has 0 bridgehead atoms. The molecule has 7 nitrogen and oxygen atoms in total. The van der Waals surface area contributed by atoms with E-state index in [0.717, 1.165) is 5.56 Å². The second kappa shape index (κ2) is 7.94. The molecule has 0 radical (unpaired) electrons. The van der Waals surface area contributed by atoms with Crippen molar-refractivity contribution in [2.45, 2.75) is 13.0 Å². The molecule has 160 valence electrons. The van der Waals surface area contributed by atoms with Crippen molar-refractivity contribution < 1.29 is 19.7 Å². The van der Waals surface area contributed by atoms with E-state index in [1.165, 1.54) is 7.11 Å². The number of aryl methyl sites for hydroxylation is 1. The summed E-state index contributed by atoms with van der Waals surface area (Å²) in [5.74, 6) is -0.0231. The van der Waals surface area contributed by atoms with Crippen LogP contribution in [0, 0.1) is 6.92 Å². The van der Waals surface area contributed by atoms with Gasteiger partial charge in [0.25, 0.3) is 5.91 Å². The van der Waals surface area contributed by atoms with Crippen molar-refractivity contribution in [3.8, 4) is 28.5 Å². The molecule has 2 aromatic carbocycles. The molecule has 1 atom stereocenters. The fourth-order valence-electron chi connectivity index (χ4n) is 3.84. The first-order valence-electron chi connectivity index (χ1n) is 9.34. The van der Waals surface area contributed by atoms with Crippen LogP contribution in [0.2, 0.25) is 5.02 Å². The van der Waals surface area contributed by atoms with Gasteiger partial charge in [0.05, 0.1) is 17.6 Å². The lowest BCUT2D eigenvalue weighted by Gasteiger charge is -2.26. The van der Waals surface area contributed by atoms with Gasteiger partial charge in [-0.15, -0.1) is 6.58 Å². The minimum absolute atomic E-state index is 0.00837. The lowest BCUT2D eigenvalue weighted by atomic mass is 9.95.